The van der Waals surface area contributed by atoms with Crippen molar-refractivity contribution in [3.05, 3.63) is 198 Å². The molecular formula is C51H24F18IrN3S3. The summed E-state index contributed by atoms with van der Waals surface area (Å²) in [5, 5.41) is 0. The Balaban J connectivity index is 0.000000184. The van der Waals surface area contributed by atoms with E-state index in [1.54, 1.807) is 54.6 Å². The monoisotopic (exact) mass is 1310 g/mol. The van der Waals surface area contributed by atoms with Crippen LogP contribution >= 0.6 is 34.0 Å². The summed E-state index contributed by atoms with van der Waals surface area (Å²) >= 11 is 3.07. The molecule has 3 aromatic carbocycles. The molecule has 0 aliphatic carbocycles. The van der Waals surface area contributed by atoms with Crippen LogP contribution in [0.25, 0.3) is 63.0 Å². The van der Waals surface area contributed by atoms with Gasteiger partial charge in [0.25, 0.3) is 0 Å². The first-order valence-electron chi connectivity index (χ1n) is 20.6. The largest absolute Gasteiger partial charge is 3.00 e. The Hall–Kier alpha value is -6.40. The summed E-state index contributed by atoms with van der Waals surface area (Å²) in [5.41, 5.74) is -6.91. The normalized spacial score (nSPS) is 12.2. The smallest absolute Gasteiger partial charge is 0.319 e. The van der Waals surface area contributed by atoms with E-state index in [1.807, 2.05) is 0 Å². The summed E-state index contributed by atoms with van der Waals surface area (Å²) in [6.07, 6.45) is -24.6. The Morgan fingerprint density at radius 3 is 0.684 bits per heavy atom. The van der Waals surface area contributed by atoms with E-state index in [9.17, 15) is 79.0 Å². The van der Waals surface area contributed by atoms with Gasteiger partial charge in [-0.25, -0.2) is 34.0 Å². The third-order valence-corrected chi connectivity index (χ3v) is 13.3. The van der Waals surface area contributed by atoms with Gasteiger partial charge in [0.2, 0.25) is 0 Å². The number of benzene rings is 3. The predicted octanol–water partition coefficient (Wildman–Crippen LogP) is 18.9. The number of pyridine rings is 3. The minimum absolute atomic E-state index is 0. The zero-order valence-corrected chi connectivity index (χ0v) is 41.9. The van der Waals surface area contributed by atoms with Crippen LogP contribution in [0.4, 0.5) is 79.0 Å². The molecule has 9 rings (SSSR count). The maximum absolute atomic E-state index is 12.9. The maximum atomic E-state index is 12.9. The Bertz CT molecular complexity index is 2910. The molecule has 0 spiro atoms. The molecule has 0 amide bonds. The summed E-state index contributed by atoms with van der Waals surface area (Å²) in [5.74, 6) is 0. The van der Waals surface area contributed by atoms with Crippen molar-refractivity contribution in [2.45, 2.75) is 37.1 Å². The Labute approximate surface area is 443 Å². The average molecular weight is 1310 g/mol. The number of rotatable bonds is 6. The van der Waals surface area contributed by atoms with Crippen LogP contribution in [0.5, 0.6) is 0 Å². The molecule has 0 saturated heterocycles. The van der Waals surface area contributed by atoms with Crippen molar-refractivity contribution in [3.63, 3.8) is 0 Å². The van der Waals surface area contributed by atoms with Crippen molar-refractivity contribution >= 4 is 34.0 Å². The van der Waals surface area contributed by atoms with Crippen molar-refractivity contribution in [2.75, 3.05) is 0 Å². The summed E-state index contributed by atoms with van der Waals surface area (Å²) in [7, 11) is 0. The molecule has 0 aliphatic rings. The Morgan fingerprint density at radius 2 is 0.513 bits per heavy atom. The van der Waals surface area contributed by atoms with Gasteiger partial charge in [-0.3, -0.25) is 0 Å². The maximum Gasteiger partial charge on any atom is 3.00 e. The summed E-state index contributed by atoms with van der Waals surface area (Å²) in [6, 6.07) is 32.5. The first-order chi connectivity index (χ1) is 34.9. The van der Waals surface area contributed by atoms with E-state index >= 15 is 0 Å². The third kappa shape index (κ3) is 15.2. The SMILES string of the molecule is FC(F)(F)c1cc(-c2c[c-]c(-c3ccccn3)s2)cc(C(F)(F)F)c1.FC(F)(F)c1cc(-c2c[c-]c(-c3ccccn3)s2)cc(C(F)(F)F)c1.FC(F)(F)c1cc(-c2c[c-]c(-c3ccccn3)s2)cc(C(F)(F)F)c1.[Ir+3]. The molecule has 0 unspecified atom stereocenters. The van der Waals surface area contributed by atoms with E-state index in [1.165, 1.54) is 36.8 Å². The molecule has 6 aromatic heterocycles. The zero-order chi connectivity index (χ0) is 54.7. The van der Waals surface area contributed by atoms with Crippen LogP contribution in [0.3, 0.4) is 0 Å². The van der Waals surface area contributed by atoms with Crippen LogP contribution in [-0.2, 0) is 57.2 Å². The molecule has 76 heavy (non-hydrogen) atoms. The fraction of sp³-hybridized carbons (Fsp3) is 0.118. The van der Waals surface area contributed by atoms with Crippen LogP contribution < -0.4 is 0 Å². The van der Waals surface area contributed by atoms with Crippen LogP contribution in [0.15, 0.2) is 146 Å². The van der Waals surface area contributed by atoms with Crippen molar-refractivity contribution < 1.29 is 99.1 Å². The molecule has 0 radical (unpaired) electrons. The molecule has 396 valence electrons. The first-order valence-corrected chi connectivity index (χ1v) is 23.1. The fourth-order valence-electron chi connectivity index (χ4n) is 6.49. The van der Waals surface area contributed by atoms with Crippen molar-refractivity contribution in [1.82, 2.24) is 15.0 Å². The third-order valence-electron chi connectivity index (χ3n) is 9.95. The van der Waals surface area contributed by atoms with Crippen molar-refractivity contribution in [1.29, 1.82) is 0 Å². The van der Waals surface area contributed by atoms with Crippen LogP contribution in [-0.4, -0.2) is 15.0 Å². The minimum Gasteiger partial charge on any atom is -0.319 e. The number of thiophene rings is 3. The van der Waals surface area contributed by atoms with Crippen molar-refractivity contribution in [3.8, 4) is 63.0 Å². The molecule has 0 fully saturated rings. The second-order valence-corrected chi connectivity index (χ2v) is 18.4. The average Bonchev–Trinajstić information content (AvgIpc) is 4.17. The summed E-state index contributed by atoms with van der Waals surface area (Å²) < 4.78 is 233. The molecule has 6 heterocycles. The molecular weight excluding hydrogens is 1280 g/mol. The summed E-state index contributed by atoms with van der Waals surface area (Å²) in [6.45, 7) is 0. The minimum atomic E-state index is -4.87. The quantitative estimate of drug-likeness (QED) is 0.123. The molecule has 3 nitrogen and oxygen atoms in total. The second kappa shape index (κ2) is 23.1. The van der Waals surface area contributed by atoms with Gasteiger partial charge in [0, 0.05) is 18.6 Å². The van der Waals surface area contributed by atoms with Crippen LogP contribution in [0.2, 0.25) is 0 Å². The standard InChI is InChI=1S/3C17H8F6NS.Ir/c3*18-16(19,20)11-7-10(8-12(9-11)17(21,22)23)14-4-5-15(25-14)13-3-1-2-6-24-13;/h3*1-4,6-9H;/q3*-1;+3. The van der Waals surface area contributed by atoms with Gasteiger partial charge in [-0.15, -0.1) is 0 Å². The zero-order valence-electron chi connectivity index (χ0n) is 37.1. The van der Waals surface area contributed by atoms with Gasteiger partial charge in [0.05, 0.1) is 33.4 Å². The number of alkyl halides is 18. The van der Waals surface area contributed by atoms with Gasteiger partial charge in [-0.05, 0) is 53.5 Å². The topological polar surface area (TPSA) is 38.7 Å². The van der Waals surface area contributed by atoms with Gasteiger partial charge in [-0.2, -0.15) is 115 Å². The van der Waals surface area contributed by atoms with Crippen LogP contribution in [0.1, 0.15) is 33.4 Å². The fourth-order valence-corrected chi connectivity index (χ4v) is 9.24. The van der Waals surface area contributed by atoms with Gasteiger partial charge >= 0.3 is 57.2 Å². The van der Waals surface area contributed by atoms with E-state index in [0.29, 0.717) is 68.1 Å². The number of hydrogen-bond donors (Lipinski definition) is 0. The van der Waals surface area contributed by atoms with Gasteiger partial charge in [-0.1, -0.05) is 119 Å². The predicted molar refractivity (Wildman–Crippen MR) is 245 cm³/mol. The Kier molecular flexibility index (Phi) is 17.9. The number of aromatic nitrogens is 3. The van der Waals surface area contributed by atoms with E-state index in [2.05, 4.69) is 33.2 Å². The second-order valence-electron chi connectivity index (χ2n) is 15.3. The molecule has 0 saturated carbocycles. The first kappa shape index (κ1) is 58.9. The molecule has 0 atom stereocenters. The van der Waals surface area contributed by atoms with E-state index < -0.39 is 70.4 Å². The molecule has 0 bridgehead atoms. The molecule has 25 heteroatoms. The Morgan fingerprint density at radius 1 is 0.303 bits per heavy atom. The van der Waals surface area contributed by atoms with E-state index in [-0.39, 0.29) is 69.6 Å². The summed E-state index contributed by atoms with van der Waals surface area (Å²) in [4.78, 5) is 14.6. The van der Waals surface area contributed by atoms with E-state index in [0.717, 1.165) is 34.0 Å². The van der Waals surface area contributed by atoms with Crippen LogP contribution in [0, 0.1) is 18.2 Å². The molecule has 0 N–H and O–H groups in total. The van der Waals surface area contributed by atoms with E-state index in [4.69, 9.17) is 0 Å². The van der Waals surface area contributed by atoms with Gasteiger partial charge in [0.15, 0.2) is 0 Å². The number of halogens is 18. The number of hydrogen-bond acceptors (Lipinski definition) is 6. The van der Waals surface area contributed by atoms with Gasteiger partial charge in [0.1, 0.15) is 0 Å². The molecule has 9 aromatic rings. The number of nitrogens with zero attached hydrogens (tertiary/aromatic N) is 3. The van der Waals surface area contributed by atoms with Crippen molar-refractivity contribution in [2.24, 2.45) is 0 Å². The molecule has 0 aliphatic heterocycles. The van der Waals surface area contributed by atoms with Gasteiger partial charge < -0.3 is 15.0 Å².